The largest absolute Gasteiger partial charge is 0.378 e. The lowest BCUT2D eigenvalue weighted by Crippen LogP contribution is -2.44. The number of nitro groups is 1. The van der Waals surface area contributed by atoms with Crippen molar-refractivity contribution in [1.29, 1.82) is 0 Å². The minimum atomic E-state index is -0.490. The molecular formula is C14H21N5O2. The number of nitrogens with zero attached hydrogens (tertiary/aromatic N) is 3. The minimum absolute atomic E-state index is 0.000228. The van der Waals surface area contributed by atoms with Gasteiger partial charge in [0.15, 0.2) is 0 Å². The fourth-order valence-electron chi connectivity index (χ4n) is 2.90. The Morgan fingerprint density at radius 3 is 2.76 bits per heavy atom. The van der Waals surface area contributed by atoms with Crippen molar-refractivity contribution in [3.63, 3.8) is 0 Å². The molecular weight excluding hydrogens is 270 g/mol. The van der Waals surface area contributed by atoms with Crippen molar-refractivity contribution in [2.45, 2.75) is 44.2 Å². The van der Waals surface area contributed by atoms with E-state index in [1.54, 1.807) is 6.07 Å². The zero-order valence-corrected chi connectivity index (χ0v) is 12.0. The molecule has 1 aliphatic heterocycles. The van der Waals surface area contributed by atoms with Crippen LogP contribution in [0.2, 0.25) is 0 Å². The SMILES string of the molecule is Nc1nc(N(CC2CCCCN2)C2CC2)ccc1[N+](=O)[O-]. The number of pyridine rings is 1. The molecule has 1 saturated heterocycles. The average molecular weight is 291 g/mol. The summed E-state index contributed by atoms with van der Waals surface area (Å²) >= 11 is 0. The Kier molecular flexibility index (Phi) is 3.92. The van der Waals surface area contributed by atoms with Gasteiger partial charge in [0.25, 0.3) is 0 Å². The number of rotatable bonds is 5. The molecule has 7 nitrogen and oxygen atoms in total. The van der Waals surface area contributed by atoms with E-state index in [1.807, 2.05) is 0 Å². The summed E-state index contributed by atoms with van der Waals surface area (Å²) < 4.78 is 0. The summed E-state index contributed by atoms with van der Waals surface area (Å²) in [7, 11) is 0. The van der Waals surface area contributed by atoms with E-state index in [0.717, 1.165) is 31.7 Å². The molecule has 2 fully saturated rings. The second kappa shape index (κ2) is 5.85. The first kappa shape index (κ1) is 14.1. The lowest BCUT2D eigenvalue weighted by molar-refractivity contribution is -0.384. The van der Waals surface area contributed by atoms with E-state index >= 15 is 0 Å². The van der Waals surface area contributed by atoms with Gasteiger partial charge in [0.2, 0.25) is 5.82 Å². The molecule has 3 N–H and O–H groups in total. The molecule has 2 heterocycles. The Morgan fingerprint density at radius 2 is 2.19 bits per heavy atom. The van der Waals surface area contributed by atoms with Crippen LogP contribution < -0.4 is 16.0 Å². The second-order valence-corrected chi connectivity index (χ2v) is 5.86. The maximum absolute atomic E-state index is 10.8. The Hall–Kier alpha value is -1.89. The molecule has 2 aliphatic rings. The van der Waals surface area contributed by atoms with E-state index in [-0.39, 0.29) is 11.5 Å². The van der Waals surface area contributed by atoms with Gasteiger partial charge in [0, 0.05) is 24.7 Å². The molecule has 21 heavy (non-hydrogen) atoms. The highest BCUT2D eigenvalue weighted by Crippen LogP contribution is 2.33. The molecule has 7 heteroatoms. The summed E-state index contributed by atoms with van der Waals surface area (Å²) in [5, 5.41) is 14.4. The zero-order chi connectivity index (χ0) is 14.8. The van der Waals surface area contributed by atoms with E-state index in [4.69, 9.17) is 5.73 Å². The van der Waals surface area contributed by atoms with E-state index in [9.17, 15) is 10.1 Å². The number of anilines is 2. The van der Waals surface area contributed by atoms with Gasteiger partial charge in [-0.05, 0) is 38.3 Å². The van der Waals surface area contributed by atoms with Gasteiger partial charge in [-0.3, -0.25) is 10.1 Å². The van der Waals surface area contributed by atoms with Crippen LogP contribution in [-0.2, 0) is 0 Å². The fourth-order valence-corrected chi connectivity index (χ4v) is 2.90. The second-order valence-electron chi connectivity index (χ2n) is 5.86. The van der Waals surface area contributed by atoms with Crippen LogP contribution in [0.5, 0.6) is 0 Å². The highest BCUT2D eigenvalue weighted by Gasteiger charge is 2.32. The van der Waals surface area contributed by atoms with Gasteiger partial charge in [-0.25, -0.2) is 4.98 Å². The standard InChI is InChI=1S/C14H21N5O2/c15-14-12(19(20)21)6-7-13(17-14)18(11-4-5-11)9-10-3-1-2-8-16-10/h6-7,10-11,16H,1-5,8-9H2,(H2,15,17). The number of piperidine rings is 1. The number of hydrogen-bond donors (Lipinski definition) is 2. The molecule has 0 spiro atoms. The molecule has 1 unspecified atom stereocenters. The monoisotopic (exact) mass is 291 g/mol. The molecule has 114 valence electrons. The molecule has 1 aliphatic carbocycles. The molecule has 1 aromatic rings. The lowest BCUT2D eigenvalue weighted by Gasteiger charge is -2.31. The average Bonchev–Trinajstić information content (AvgIpc) is 3.30. The van der Waals surface area contributed by atoms with Crippen molar-refractivity contribution < 1.29 is 4.92 Å². The van der Waals surface area contributed by atoms with E-state index in [2.05, 4.69) is 15.2 Å². The van der Waals surface area contributed by atoms with Gasteiger partial charge < -0.3 is 16.0 Å². The number of nitrogen functional groups attached to an aromatic ring is 1. The highest BCUT2D eigenvalue weighted by molar-refractivity contribution is 5.58. The summed E-state index contributed by atoms with van der Waals surface area (Å²) in [6, 6.07) is 4.15. The lowest BCUT2D eigenvalue weighted by atomic mass is 10.0. The first-order chi connectivity index (χ1) is 10.1. The molecule has 1 saturated carbocycles. The van der Waals surface area contributed by atoms with E-state index in [1.165, 1.54) is 25.3 Å². The Labute approximate surface area is 123 Å². The minimum Gasteiger partial charge on any atom is -0.378 e. The molecule has 3 rings (SSSR count). The number of nitrogens with two attached hydrogens (primary N) is 1. The third kappa shape index (κ3) is 3.24. The van der Waals surface area contributed by atoms with Crippen LogP contribution in [0.15, 0.2) is 12.1 Å². The third-order valence-corrected chi connectivity index (χ3v) is 4.20. The van der Waals surface area contributed by atoms with Gasteiger partial charge in [-0.1, -0.05) is 6.42 Å². The van der Waals surface area contributed by atoms with Crippen molar-refractivity contribution in [1.82, 2.24) is 10.3 Å². The Bertz CT molecular complexity index is 526. The van der Waals surface area contributed by atoms with Gasteiger partial charge in [-0.2, -0.15) is 0 Å². The molecule has 0 aromatic carbocycles. The highest BCUT2D eigenvalue weighted by atomic mass is 16.6. The number of nitrogens with one attached hydrogen (secondary N) is 1. The summed E-state index contributed by atoms with van der Waals surface area (Å²) in [5.74, 6) is 0.757. The van der Waals surface area contributed by atoms with Crippen LogP contribution in [0.25, 0.3) is 0 Å². The smallest absolute Gasteiger partial charge is 0.311 e. The van der Waals surface area contributed by atoms with Gasteiger partial charge in [0.1, 0.15) is 5.82 Å². The van der Waals surface area contributed by atoms with Gasteiger partial charge in [0.05, 0.1) is 4.92 Å². The van der Waals surface area contributed by atoms with Gasteiger partial charge in [-0.15, -0.1) is 0 Å². The summed E-state index contributed by atoms with van der Waals surface area (Å²) in [5.41, 5.74) is 5.60. The number of hydrogen-bond acceptors (Lipinski definition) is 6. The van der Waals surface area contributed by atoms with Gasteiger partial charge >= 0.3 is 5.69 Å². The fraction of sp³-hybridized carbons (Fsp3) is 0.643. The van der Waals surface area contributed by atoms with Crippen molar-refractivity contribution in [3.05, 3.63) is 22.2 Å². The molecule has 1 aromatic heterocycles. The van der Waals surface area contributed by atoms with E-state index < -0.39 is 4.92 Å². The summed E-state index contributed by atoms with van der Waals surface area (Å²) in [6.07, 6.45) is 5.98. The van der Waals surface area contributed by atoms with Crippen LogP contribution in [-0.4, -0.2) is 35.1 Å². The van der Waals surface area contributed by atoms with Crippen LogP contribution in [0, 0.1) is 10.1 Å². The topological polar surface area (TPSA) is 97.3 Å². The maximum atomic E-state index is 10.8. The van der Waals surface area contributed by atoms with Crippen molar-refractivity contribution in [2.24, 2.45) is 0 Å². The molecule has 1 atom stereocenters. The van der Waals surface area contributed by atoms with Crippen LogP contribution in [0.1, 0.15) is 32.1 Å². The van der Waals surface area contributed by atoms with Crippen LogP contribution in [0.4, 0.5) is 17.3 Å². The van der Waals surface area contributed by atoms with Crippen molar-refractivity contribution in [3.8, 4) is 0 Å². The van der Waals surface area contributed by atoms with Crippen molar-refractivity contribution >= 4 is 17.3 Å². The molecule has 0 radical (unpaired) electrons. The van der Waals surface area contributed by atoms with E-state index in [0.29, 0.717) is 12.1 Å². The normalized spacial score (nSPS) is 22.0. The Balaban J connectivity index is 1.77. The molecule has 0 bridgehead atoms. The predicted molar refractivity (Wildman–Crippen MR) is 81.3 cm³/mol. The maximum Gasteiger partial charge on any atom is 0.311 e. The number of aromatic nitrogens is 1. The first-order valence-electron chi connectivity index (χ1n) is 7.56. The Morgan fingerprint density at radius 1 is 1.38 bits per heavy atom. The summed E-state index contributed by atoms with van der Waals surface area (Å²) in [4.78, 5) is 16.8. The predicted octanol–water partition coefficient (Wildman–Crippen LogP) is 1.68. The first-order valence-corrected chi connectivity index (χ1v) is 7.56. The zero-order valence-electron chi connectivity index (χ0n) is 12.0. The summed E-state index contributed by atoms with van der Waals surface area (Å²) in [6.45, 7) is 1.97. The van der Waals surface area contributed by atoms with Crippen molar-refractivity contribution in [2.75, 3.05) is 23.7 Å². The quantitative estimate of drug-likeness (QED) is 0.633. The third-order valence-electron chi connectivity index (χ3n) is 4.20. The van der Waals surface area contributed by atoms with Crippen LogP contribution >= 0.6 is 0 Å². The van der Waals surface area contributed by atoms with Crippen LogP contribution in [0.3, 0.4) is 0 Å². The molecule has 0 amide bonds.